The molecule has 1 saturated heterocycles. The molecule has 1 aliphatic carbocycles. The van der Waals surface area contributed by atoms with E-state index in [1.807, 2.05) is 27.6 Å². The van der Waals surface area contributed by atoms with E-state index in [1.54, 1.807) is 30.3 Å². The first-order valence-electron chi connectivity index (χ1n) is 16.1. The van der Waals surface area contributed by atoms with Crippen molar-refractivity contribution < 1.29 is 13.2 Å². The van der Waals surface area contributed by atoms with E-state index in [1.165, 1.54) is 37.7 Å². The monoisotopic (exact) mass is 696 g/mol. The zero-order valence-corrected chi connectivity index (χ0v) is 28.5. The third-order valence-corrected chi connectivity index (χ3v) is 10.9. The second-order valence-electron chi connectivity index (χ2n) is 12.3. The predicted molar refractivity (Wildman–Crippen MR) is 194 cm³/mol. The number of carbonyl (C=O) groups is 1. The lowest BCUT2D eigenvalue weighted by Gasteiger charge is -2.17. The Bertz CT molecular complexity index is 2100. The standard InChI is InChI=1S/C38H34Cl2N4O3S/c39-31-19-20-34(35(40)22-31)36-24-43(32-7-4-8-33(23-32)44-25-38(45)42-48(44,46)47)37(41-36)21-28-13-17-30(18-14-28)29-15-11-27(12-16-29)10-9-26-5-2-1-3-6-26/h4,7-20,22-24,26H,1-3,5-6,21,25H2,(H,42,45). The average Bonchev–Trinajstić information content (AvgIpc) is 3.63. The van der Waals surface area contributed by atoms with Crippen molar-refractivity contribution in [1.29, 1.82) is 0 Å². The van der Waals surface area contributed by atoms with Gasteiger partial charge in [-0.2, -0.15) is 8.42 Å². The maximum absolute atomic E-state index is 12.6. The fourth-order valence-electron chi connectivity index (χ4n) is 6.43. The van der Waals surface area contributed by atoms with Gasteiger partial charge in [-0.3, -0.25) is 4.79 Å². The van der Waals surface area contributed by atoms with Gasteiger partial charge in [-0.25, -0.2) is 14.0 Å². The van der Waals surface area contributed by atoms with Crippen LogP contribution >= 0.6 is 23.2 Å². The molecule has 5 aromatic rings. The van der Waals surface area contributed by atoms with Gasteiger partial charge in [0.1, 0.15) is 12.4 Å². The highest BCUT2D eigenvalue weighted by atomic mass is 35.5. The quantitative estimate of drug-likeness (QED) is 0.176. The molecule has 1 aliphatic heterocycles. The molecule has 0 atom stereocenters. The summed E-state index contributed by atoms with van der Waals surface area (Å²) in [6, 6.07) is 29.4. The Morgan fingerprint density at radius 3 is 2.25 bits per heavy atom. The number of halogens is 2. The Hall–Kier alpha value is -4.37. The largest absolute Gasteiger partial charge is 0.326 e. The van der Waals surface area contributed by atoms with Crippen LogP contribution in [0.4, 0.5) is 5.69 Å². The van der Waals surface area contributed by atoms with Crippen LogP contribution in [0.2, 0.25) is 10.0 Å². The lowest BCUT2D eigenvalue weighted by Crippen LogP contribution is -2.29. The van der Waals surface area contributed by atoms with E-state index in [-0.39, 0.29) is 6.54 Å². The molecular formula is C38H34Cl2N4O3S. The van der Waals surface area contributed by atoms with E-state index in [0.29, 0.717) is 39.5 Å². The summed E-state index contributed by atoms with van der Waals surface area (Å²) in [6.45, 7) is -0.277. The minimum atomic E-state index is -3.96. The van der Waals surface area contributed by atoms with Crippen LogP contribution in [0.3, 0.4) is 0 Å². The molecule has 2 heterocycles. The number of hydrogen-bond acceptors (Lipinski definition) is 4. The molecule has 1 N–H and O–H groups in total. The number of anilines is 1. The molecule has 1 amide bonds. The Kier molecular flexibility index (Phi) is 9.14. The summed E-state index contributed by atoms with van der Waals surface area (Å²) < 4.78 is 30.1. The molecule has 7 nitrogen and oxygen atoms in total. The summed E-state index contributed by atoms with van der Waals surface area (Å²) in [4.78, 5) is 16.9. The van der Waals surface area contributed by atoms with Crippen LogP contribution in [0.15, 0.2) is 103 Å². The van der Waals surface area contributed by atoms with Crippen molar-refractivity contribution in [3.05, 3.63) is 130 Å². The van der Waals surface area contributed by atoms with Gasteiger partial charge in [0, 0.05) is 28.9 Å². The number of imidazole rings is 1. The van der Waals surface area contributed by atoms with Crippen LogP contribution in [0.5, 0.6) is 0 Å². The molecule has 10 heteroatoms. The Morgan fingerprint density at radius 2 is 1.56 bits per heavy atom. The van der Waals surface area contributed by atoms with Crippen molar-refractivity contribution in [2.75, 3.05) is 10.8 Å². The molecule has 7 rings (SSSR count). The topological polar surface area (TPSA) is 84.3 Å². The molecule has 4 aromatic carbocycles. The molecule has 1 saturated carbocycles. The van der Waals surface area contributed by atoms with Crippen molar-refractivity contribution in [2.24, 2.45) is 5.92 Å². The SMILES string of the molecule is O=C1CN(c2cccc(-n3cc(-c4ccc(Cl)cc4Cl)nc3Cc3ccc(-c4ccc(C=CC5CCCCC5)cc4)cc3)c2)S(=O)(=O)N1. The van der Waals surface area contributed by atoms with Crippen molar-refractivity contribution in [3.8, 4) is 28.1 Å². The average molecular weight is 698 g/mol. The van der Waals surface area contributed by atoms with Crippen LogP contribution in [0.25, 0.3) is 34.1 Å². The minimum absolute atomic E-state index is 0.277. The van der Waals surface area contributed by atoms with Gasteiger partial charge in [0.25, 0.3) is 5.91 Å². The Balaban J connectivity index is 1.16. The van der Waals surface area contributed by atoms with Gasteiger partial charge in [0.15, 0.2) is 0 Å². The second kappa shape index (κ2) is 13.6. The molecule has 1 aromatic heterocycles. The summed E-state index contributed by atoms with van der Waals surface area (Å²) in [5.41, 5.74) is 6.99. The fourth-order valence-corrected chi connectivity index (χ4v) is 8.07. The van der Waals surface area contributed by atoms with Gasteiger partial charge in [0.05, 0.1) is 16.4 Å². The summed E-state index contributed by atoms with van der Waals surface area (Å²) >= 11 is 12.7. The number of allylic oxidation sites excluding steroid dienone is 1. The molecule has 2 fully saturated rings. The van der Waals surface area contributed by atoms with E-state index in [4.69, 9.17) is 28.2 Å². The molecule has 2 aliphatic rings. The third kappa shape index (κ3) is 7.06. The fraction of sp³-hybridized carbons (Fsp3) is 0.211. The normalized spacial score (nSPS) is 16.5. The molecule has 0 unspecified atom stereocenters. The summed E-state index contributed by atoms with van der Waals surface area (Å²) in [5, 5.41) is 0.997. The third-order valence-electron chi connectivity index (χ3n) is 8.97. The number of rotatable bonds is 8. The summed E-state index contributed by atoms with van der Waals surface area (Å²) in [5.74, 6) is 0.858. The van der Waals surface area contributed by atoms with Crippen LogP contribution < -0.4 is 9.03 Å². The van der Waals surface area contributed by atoms with Crippen molar-refractivity contribution in [3.63, 3.8) is 0 Å². The number of nitrogens with one attached hydrogen (secondary N) is 1. The van der Waals surface area contributed by atoms with Crippen LogP contribution in [-0.2, 0) is 21.4 Å². The lowest BCUT2D eigenvalue weighted by atomic mass is 9.88. The number of benzene rings is 4. The Labute approximate surface area is 291 Å². The van der Waals surface area contributed by atoms with E-state index in [9.17, 15) is 13.2 Å². The number of nitrogens with zero attached hydrogens (tertiary/aromatic N) is 3. The van der Waals surface area contributed by atoms with Crippen LogP contribution in [0.1, 0.15) is 49.1 Å². The van der Waals surface area contributed by atoms with E-state index < -0.39 is 16.1 Å². The second-order valence-corrected chi connectivity index (χ2v) is 14.8. The van der Waals surface area contributed by atoms with Gasteiger partial charge in [-0.15, -0.1) is 0 Å². The van der Waals surface area contributed by atoms with Crippen LogP contribution in [-0.4, -0.2) is 30.4 Å². The molecule has 48 heavy (non-hydrogen) atoms. The molecule has 244 valence electrons. The van der Waals surface area contributed by atoms with Crippen molar-refractivity contribution in [1.82, 2.24) is 14.3 Å². The first-order valence-corrected chi connectivity index (χ1v) is 18.3. The molecular weight excluding hydrogens is 663 g/mol. The van der Waals surface area contributed by atoms with Crippen molar-refractivity contribution in [2.45, 2.75) is 38.5 Å². The van der Waals surface area contributed by atoms with E-state index >= 15 is 0 Å². The highest BCUT2D eigenvalue weighted by molar-refractivity contribution is 7.92. The number of hydrogen-bond donors (Lipinski definition) is 1. The lowest BCUT2D eigenvalue weighted by molar-refractivity contribution is -0.117. The highest BCUT2D eigenvalue weighted by Crippen LogP contribution is 2.33. The maximum atomic E-state index is 12.6. The van der Waals surface area contributed by atoms with Gasteiger partial charge in [-0.1, -0.05) is 109 Å². The van der Waals surface area contributed by atoms with E-state index in [2.05, 4.69) is 60.7 Å². The molecule has 0 bridgehead atoms. The van der Waals surface area contributed by atoms with Crippen LogP contribution in [0, 0.1) is 5.92 Å². The summed E-state index contributed by atoms with van der Waals surface area (Å²) in [6.07, 6.45) is 13.6. The highest BCUT2D eigenvalue weighted by Gasteiger charge is 2.34. The Morgan fingerprint density at radius 1 is 0.854 bits per heavy atom. The van der Waals surface area contributed by atoms with E-state index in [0.717, 1.165) is 32.4 Å². The summed E-state index contributed by atoms with van der Waals surface area (Å²) in [7, 11) is -3.96. The predicted octanol–water partition coefficient (Wildman–Crippen LogP) is 8.88. The van der Waals surface area contributed by atoms with Gasteiger partial charge >= 0.3 is 10.2 Å². The number of carbonyl (C=O) groups excluding carboxylic acids is 1. The number of amides is 1. The maximum Gasteiger partial charge on any atom is 0.326 e. The smallest absolute Gasteiger partial charge is 0.303 e. The molecule has 0 spiro atoms. The first kappa shape index (κ1) is 32.2. The minimum Gasteiger partial charge on any atom is -0.303 e. The van der Waals surface area contributed by atoms with Gasteiger partial charge in [0.2, 0.25) is 0 Å². The van der Waals surface area contributed by atoms with Crippen molar-refractivity contribution >= 4 is 51.1 Å². The zero-order chi connectivity index (χ0) is 33.3. The molecule has 0 radical (unpaired) electrons. The first-order chi connectivity index (χ1) is 23.2. The van der Waals surface area contributed by atoms with Gasteiger partial charge in [-0.05, 0) is 77.4 Å². The van der Waals surface area contributed by atoms with Gasteiger partial charge < -0.3 is 4.57 Å². The zero-order valence-electron chi connectivity index (χ0n) is 26.1. The number of aromatic nitrogens is 2.